The molecule has 0 spiro atoms. The molecule has 4 aromatic rings. The van der Waals surface area contributed by atoms with Gasteiger partial charge in [-0.25, -0.2) is 14.6 Å². The largest absolute Gasteiger partial charge is 0.391 e. The van der Waals surface area contributed by atoms with E-state index in [1.807, 2.05) is 67.9 Å². The molecule has 1 aromatic carbocycles. The van der Waals surface area contributed by atoms with Crippen LogP contribution in [-0.4, -0.2) is 70.0 Å². The number of carbonyl (C=O) groups is 2. The smallest absolute Gasteiger partial charge is 0.248 e. The van der Waals surface area contributed by atoms with Crippen LogP contribution in [0.15, 0.2) is 55.1 Å². The number of aromatic nitrogens is 6. The van der Waals surface area contributed by atoms with Gasteiger partial charge in [0.05, 0.1) is 22.8 Å². The first-order valence-corrected chi connectivity index (χ1v) is 13.7. The number of imidazole rings is 1. The van der Waals surface area contributed by atoms with Crippen LogP contribution in [0, 0.1) is 5.41 Å². The van der Waals surface area contributed by atoms with Gasteiger partial charge in [0, 0.05) is 37.8 Å². The fourth-order valence-electron chi connectivity index (χ4n) is 5.44. The number of para-hydroxylation sites is 2. The summed E-state index contributed by atoms with van der Waals surface area (Å²) in [7, 11) is 0. The molecule has 4 heterocycles. The molecule has 208 valence electrons. The highest BCUT2D eigenvalue weighted by atomic mass is 16.3. The minimum absolute atomic E-state index is 0.1000. The van der Waals surface area contributed by atoms with Crippen LogP contribution >= 0.6 is 0 Å². The van der Waals surface area contributed by atoms with Crippen molar-refractivity contribution >= 4 is 22.8 Å². The third kappa shape index (κ3) is 5.08. The lowest BCUT2D eigenvalue weighted by Crippen LogP contribution is -2.50. The van der Waals surface area contributed by atoms with E-state index in [2.05, 4.69) is 25.6 Å². The third-order valence-electron chi connectivity index (χ3n) is 7.68. The Balaban J connectivity index is 1.14. The van der Waals surface area contributed by atoms with Crippen molar-refractivity contribution in [2.45, 2.75) is 70.7 Å². The average molecular weight is 543 g/mol. The molecule has 1 aliphatic heterocycles. The maximum Gasteiger partial charge on any atom is 0.248 e. The zero-order valence-corrected chi connectivity index (χ0v) is 22.9. The minimum Gasteiger partial charge on any atom is -0.391 e. The fourth-order valence-corrected chi connectivity index (χ4v) is 5.44. The predicted molar refractivity (Wildman–Crippen MR) is 147 cm³/mol. The Kier molecular flexibility index (Phi) is 6.61. The number of likely N-dealkylation sites (tertiary alicyclic amines) is 1. The lowest BCUT2D eigenvalue weighted by atomic mass is 9.85. The SMILES string of the molecule is CC(C)(C)[C@@H](C(=O)N1CC(O)CC1C(=O)NCc1ccc(-n2cnc3ccccc32)nc1)n1cc(C2CC2)nn1. The van der Waals surface area contributed by atoms with Crippen molar-refractivity contribution in [1.82, 2.24) is 39.7 Å². The fraction of sp³-hybridized carbons (Fsp3) is 0.448. The average Bonchev–Trinajstić information content (AvgIpc) is 3.31. The van der Waals surface area contributed by atoms with Crippen molar-refractivity contribution in [1.29, 1.82) is 0 Å². The topological polar surface area (TPSA) is 131 Å². The Morgan fingerprint density at radius 2 is 1.93 bits per heavy atom. The molecule has 0 radical (unpaired) electrons. The lowest BCUT2D eigenvalue weighted by Gasteiger charge is -2.34. The second kappa shape index (κ2) is 10.1. The number of amides is 2. The van der Waals surface area contributed by atoms with E-state index in [9.17, 15) is 14.7 Å². The normalized spacial score (nSPS) is 20.1. The number of hydrogen-bond donors (Lipinski definition) is 2. The van der Waals surface area contributed by atoms with Gasteiger partial charge in [-0.2, -0.15) is 0 Å². The maximum atomic E-state index is 13.9. The van der Waals surface area contributed by atoms with Crippen LogP contribution in [0.1, 0.15) is 63.3 Å². The van der Waals surface area contributed by atoms with Gasteiger partial charge in [-0.15, -0.1) is 5.10 Å². The van der Waals surface area contributed by atoms with E-state index >= 15 is 0 Å². The summed E-state index contributed by atoms with van der Waals surface area (Å²) in [6.07, 6.45) is 6.90. The molecule has 11 nitrogen and oxygen atoms in total. The highest BCUT2D eigenvalue weighted by molar-refractivity contribution is 5.90. The molecule has 6 rings (SSSR count). The molecule has 2 aliphatic rings. The third-order valence-corrected chi connectivity index (χ3v) is 7.68. The quantitative estimate of drug-likeness (QED) is 0.367. The zero-order valence-electron chi connectivity index (χ0n) is 22.9. The summed E-state index contributed by atoms with van der Waals surface area (Å²) < 4.78 is 3.54. The van der Waals surface area contributed by atoms with Crippen molar-refractivity contribution in [2.24, 2.45) is 5.41 Å². The Hall–Kier alpha value is -4.12. The first-order chi connectivity index (χ1) is 19.2. The first kappa shape index (κ1) is 26.1. The van der Waals surface area contributed by atoms with E-state index in [0.29, 0.717) is 5.92 Å². The number of aliphatic hydroxyl groups excluding tert-OH is 1. The number of pyridine rings is 1. The number of β-amino-alcohol motifs (C(OH)–C–C–N with tert-alkyl or cyclic N) is 1. The van der Waals surface area contributed by atoms with Gasteiger partial charge in [0.25, 0.3) is 0 Å². The van der Waals surface area contributed by atoms with Crippen LogP contribution in [0.25, 0.3) is 16.9 Å². The van der Waals surface area contributed by atoms with Crippen LogP contribution < -0.4 is 5.32 Å². The number of nitrogens with zero attached hydrogens (tertiary/aromatic N) is 7. The molecule has 11 heteroatoms. The highest BCUT2D eigenvalue weighted by Gasteiger charge is 2.45. The Bertz CT molecular complexity index is 1530. The molecule has 2 amide bonds. The molecule has 40 heavy (non-hydrogen) atoms. The van der Waals surface area contributed by atoms with Crippen molar-refractivity contribution in [3.63, 3.8) is 0 Å². The molecule has 2 N–H and O–H groups in total. The monoisotopic (exact) mass is 542 g/mol. The molecule has 1 saturated heterocycles. The summed E-state index contributed by atoms with van der Waals surface area (Å²) in [5.41, 5.74) is 3.09. The molecule has 0 bridgehead atoms. The van der Waals surface area contributed by atoms with Gasteiger partial charge in [-0.1, -0.05) is 44.2 Å². The Labute approximate surface area is 232 Å². The van der Waals surface area contributed by atoms with Crippen LogP contribution in [0.3, 0.4) is 0 Å². The maximum absolute atomic E-state index is 13.9. The van der Waals surface area contributed by atoms with Gasteiger partial charge in [-0.05, 0) is 42.0 Å². The second-order valence-electron chi connectivity index (χ2n) is 11.9. The van der Waals surface area contributed by atoms with Gasteiger partial charge >= 0.3 is 0 Å². The first-order valence-electron chi connectivity index (χ1n) is 13.7. The molecule has 1 saturated carbocycles. The molecular weight excluding hydrogens is 508 g/mol. The van der Waals surface area contributed by atoms with Crippen LogP contribution in [0.5, 0.6) is 0 Å². The van der Waals surface area contributed by atoms with Gasteiger partial charge in [0.2, 0.25) is 11.8 Å². The number of fused-ring (bicyclic) bond motifs is 1. The second-order valence-corrected chi connectivity index (χ2v) is 11.9. The molecule has 3 aromatic heterocycles. The standard InChI is InChI=1S/C29H34N8O3/c1-29(2,3)26(37-16-22(33-34-37)19-9-10-19)28(40)35-15-20(38)12-24(35)27(39)31-14-18-8-11-25(30-13-18)36-17-32-21-6-4-5-7-23(21)36/h4-8,11,13,16-17,19-20,24,26,38H,9-10,12,14-15H2,1-3H3,(H,31,39)/t20?,24?,26-/m1/s1. The number of carbonyl (C=O) groups excluding carboxylic acids is 2. The van der Waals surface area contributed by atoms with Gasteiger partial charge in [-0.3, -0.25) is 14.2 Å². The van der Waals surface area contributed by atoms with Crippen LogP contribution in [0.4, 0.5) is 0 Å². The van der Waals surface area contributed by atoms with Gasteiger partial charge in [0.15, 0.2) is 0 Å². The van der Waals surface area contributed by atoms with E-state index in [0.717, 1.165) is 41.0 Å². The molecule has 3 atom stereocenters. The summed E-state index contributed by atoms with van der Waals surface area (Å²) in [5, 5.41) is 22.0. The van der Waals surface area contributed by atoms with Crippen molar-refractivity contribution < 1.29 is 14.7 Å². The van der Waals surface area contributed by atoms with E-state index in [1.165, 1.54) is 4.90 Å². The van der Waals surface area contributed by atoms with Gasteiger partial charge < -0.3 is 15.3 Å². The Morgan fingerprint density at radius 1 is 1.12 bits per heavy atom. The summed E-state index contributed by atoms with van der Waals surface area (Å²) in [6.45, 7) is 6.27. The van der Waals surface area contributed by atoms with Crippen molar-refractivity contribution in [3.05, 3.63) is 66.4 Å². The van der Waals surface area contributed by atoms with Crippen molar-refractivity contribution in [3.8, 4) is 5.82 Å². The highest BCUT2D eigenvalue weighted by Crippen LogP contribution is 2.40. The molecular formula is C29H34N8O3. The number of hydrogen-bond acceptors (Lipinski definition) is 7. The van der Waals surface area contributed by atoms with Gasteiger partial charge in [0.1, 0.15) is 24.2 Å². The van der Waals surface area contributed by atoms with Crippen LogP contribution in [-0.2, 0) is 16.1 Å². The van der Waals surface area contributed by atoms with Crippen LogP contribution in [0.2, 0.25) is 0 Å². The zero-order chi connectivity index (χ0) is 28.0. The lowest BCUT2D eigenvalue weighted by molar-refractivity contribution is -0.144. The Morgan fingerprint density at radius 3 is 2.65 bits per heavy atom. The van der Waals surface area contributed by atoms with Crippen molar-refractivity contribution in [2.75, 3.05) is 6.54 Å². The number of benzene rings is 1. The number of aliphatic hydroxyl groups is 1. The molecule has 1 aliphatic carbocycles. The summed E-state index contributed by atoms with van der Waals surface area (Å²) >= 11 is 0. The summed E-state index contributed by atoms with van der Waals surface area (Å²) in [6, 6.07) is 10.2. The predicted octanol–water partition coefficient (Wildman–Crippen LogP) is 2.75. The van der Waals surface area contributed by atoms with E-state index in [1.54, 1.807) is 17.2 Å². The van der Waals surface area contributed by atoms with E-state index in [-0.39, 0.29) is 31.3 Å². The summed E-state index contributed by atoms with van der Waals surface area (Å²) in [4.78, 5) is 37.7. The number of nitrogens with one attached hydrogen (secondary N) is 1. The minimum atomic E-state index is -0.775. The van der Waals surface area contributed by atoms with E-state index in [4.69, 9.17) is 0 Å². The molecule has 2 unspecified atom stereocenters. The summed E-state index contributed by atoms with van der Waals surface area (Å²) in [5.74, 6) is 0.597. The van der Waals surface area contributed by atoms with E-state index < -0.39 is 23.6 Å². The molecule has 2 fully saturated rings. The number of rotatable bonds is 7.